The Labute approximate surface area is 110 Å². The van der Waals surface area contributed by atoms with E-state index in [4.69, 9.17) is 9.84 Å². The van der Waals surface area contributed by atoms with Gasteiger partial charge < -0.3 is 9.84 Å². The van der Waals surface area contributed by atoms with Crippen LogP contribution in [-0.2, 0) is 0 Å². The molecule has 0 aliphatic rings. The van der Waals surface area contributed by atoms with E-state index >= 15 is 0 Å². The van der Waals surface area contributed by atoms with Crippen molar-refractivity contribution in [3.8, 4) is 5.75 Å². The van der Waals surface area contributed by atoms with Crippen LogP contribution in [0.2, 0.25) is 0 Å². The zero-order chi connectivity index (χ0) is 13.7. The number of hydrogen-bond donors (Lipinski definition) is 1. The Hall–Kier alpha value is -2.69. The van der Waals surface area contributed by atoms with E-state index in [1.165, 1.54) is 19.2 Å². The highest BCUT2D eigenvalue weighted by Gasteiger charge is 2.08. The van der Waals surface area contributed by atoms with Crippen molar-refractivity contribution in [2.75, 3.05) is 7.11 Å². The summed E-state index contributed by atoms with van der Waals surface area (Å²) in [7, 11) is 1.46. The van der Waals surface area contributed by atoms with Gasteiger partial charge in [0, 0.05) is 0 Å². The largest absolute Gasteiger partial charge is 0.494 e. The van der Waals surface area contributed by atoms with Crippen LogP contribution < -0.4 is 4.74 Å². The predicted octanol–water partition coefficient (Wildman–Crippen LogP) is 3.81. The molecule has 0 bridgehead atoms. The molecule has 5 heteroatoms. The average molecular weight is 256 g/mol. The summed E-state index contributed by atoms with van der Waals surface area (Å²) in [4.78, 5) is 10.9. The first-order chi connectivity index (χ1) is 9.20. The van der Waals surface area contributed by atoms with Gasteiger partial charge in [-0.1, -0.05) is 18.2 Å². The molecule has 2 aromatic rings. The molecule has 0 heterocycles. The number of hydrogen-bond acceptors (Lipinski definition) is 4. The van der Waals surface area contributed by atoms with Crippen LogP contribution in [0.5, 0.6) is 5.75 Å². The summed E-state index contributed by atoms with van der Waals surface area (Å²) in [5.41, 5.74) is 1.35. The second-order valence-electron chi connectivity index (χ2n) is 3.73. The SMILES string of the molecule is COc1cc(C(=O)O)ccc1N=Nc1ccccc1. The maximum atomic E-state index is 10.9. The van der Waals surface area contributed by atoms with Crippen molar-refractivity contribution in [2.45, 2.75) is 0 Å². The Morgan fingerprint density at radius 1 is 1.11 bits per heavy atom. The van der Waals surface area contributed by atoms with E-state index in [0.29, 0.717) is 17.1 Å². The van der Waals surface area contributed by atoms with Crippen molar-refractivity contribution in [2.24, 2.45) is 10.2 Å². The van der Waals surface area contributed by atoms with Gasteiger partial charge in [0.1, 0.15) is 11.4 Å². The fraction of sp³-hybridized carbons (Fsp3) is 0.0714. The van der Waals surface area contributed by atoms with E-state index < -0.39 is 5.97 Å². The van der Waals surface area contributed by atoms with Crippen molar-refractivity contribution in [1.82, 2.24) is 0 Å². The number of ether oxygens (including phenoxy) is 1. The lowest BCUT2D eigenvalue weighted by Gasteiger charge is -2.04. The number of carboxylic acid groups (broad SMARTS) is 1. The fourth-order valence-corrected chi connectivity index (χ4v) is 1.50. The first-order valence-corrected chi connectivity index (χ1v) is 5.59. The lowest BCUT2D eigenvalue weighted by molar-refractivity contribution is 0.0696. The molecule has 0 unspecified atom stereocenters. The lowest BCUT2D eigenvalue weighted by Crippen LogP contribution is -1.96. The maximum Gasteiger partial charge on any atom is 0.335 e. The average Bonchev–Trinajstić information content (AvgIpc) is 2.45. The van der Waals surface area contributed by atoms with Crippen molar-refractivity contribution in [1.29, 1.82) is 0 Å². The monoisotopic (exact) mass is 256 g/mol. The normalized spacial score (nSPS) is 10.6. The van der Waals surface area contributed by atoms with Gasteiger partial charge >= 0.3 is 5.97 Å². The molecule has 0 radical (unpaired) electrons. The Balaban J connectivity index is 2.30. The minimum atomic E-state index is -1.01. The molecular weight excluding hydrogens is 244 g/mol. The molecule has 0 spiro atoms. The number of methoxy groups -OCH3 is 1. The highest BCUT2D eigenvalue weighted by atomic mass is 16.5. The highest BCUT2D eigenvalue weighted by molar-refractivity contribution is 5.88. The molecule has 0 aliphatic heterocycles. The summed E-state index contributed by atoms with van der Waals surface area (Å²) in [6.07, 6.45) is 0. The lowest BCUT2D eigenvalue weighted by atomic mass is 10.2. The van der Waals surface area contributed by atoms with E-state index in [1.807, 2.05) is 30.3 Å². The predicted molar refractivity (Wildman–Crippen MR) is 70.6 cm³/mol. The van der Waals surface area contributed by atoms with Crippen LogP contribution in [0.3, 0.4) is 0 Å². The minimum Gasteiger partial charge on any atom is -0.494 e. The third-order valence-corrected chi connectivity index (χ3v) is 2.46. The highest BCUT2D eigenvalue weighted by Crippen LogP contribution is 2.30. The summed E-state index contributed by atoms with van der Waals surface area (Å²) in [6.45, 7) is 0. The van der Waals surface area contributed by atoms with Gasteiger partial charge in [-0.2, -0.15) is 5.11 Å². The van der Waals surface area contributed by atoms with Gasteiger partial charge in [0.25, 0.3) is 0 Å². The van der Waals surface area contributed by atoms with Crippen molar-refractivity contribution < 1.29 is 14.6 Å². The Bertz CT molecular complexity index is 609. The summed E-state index contributed by atoms with van der Waals surface area (Å²) < 4.78 is 5.11. The number of rotatable bonds is 4. The van der Waals surface area contributed by atoms with Crippen molar-refractivity contribution in [3.05, 3.63) is 54.1 Å². The van der Waals surface area contributed by atoms with E-state index in [9.17, 15) is 4.79 Å². The molecule has 0 aliphatic carbocycles. The topological polar surface area (TPSA) is 71.2 Å². The number of aromatic carboxylic acids is 1. The summed E-state index contributed by atoms with van der Waals surface area (Å²) in [6, 6.07) is 13.7. The van der Waals surface area contributed by atoms with Crippen LogP contribution in [0.4, 0.5) is 11.4 Å². The molecule has 1 N–H and O–H groups in total. The van der Waals surface area contributed by atoms with Gasteiger partial charge in [-0.25, -0.2) is 4.79 Å². The van der Waals surface area contributed by atoms with Crippen LogP contribution in [0.25, 0.3) is 0 Å². The van der Waals surface area contributed by atoms with Crippen molar-refractivity contribution >= 4 is 17.3 Å². The quantitative estimate of drug-likeness (QED) is 0.845. The third-order valence-electron chi connectivity index (χ3n) is 2.46. The fourth-order valence-electron chi connectivity index (χ4n) is 1.50. The van der Waals surface area contributed by atoms with E-state index in [-0.39, 0.29) is 5.56 Å². The molecule has 96 valence electrons. The van der Waals surface area contributed by atoms with Gasteiger partial charge in [-0.15, -0.1) is 5.11 Å². The first kappa shape index (κ1) is 12.8. The second-order valence-corrected chi connectivity index (χ2v) is 3.73. The van der Waals surface area contributed by atoms with E-state index in [2.05, 4.69) is 10.2 Å². The molecular formula is C14H12N2O3. The summed E-state index contributed by atoms with van der Waals surface area (Å²) in [5.74, 6) is -0.635. The summed E-state index contributed by atoms with van der Waals surface area (Å²) >= 11 is 0. The van der Waals surface area contributed by atoms with Gasteiger partial charge in [0.2, 0.25) is 0 Å². The molecule has 0 atom stereocenters. The van der Waals surface area contributed by atoms with E-state index in [1.54, 1.807) is 6.07 Å². The van der Waals surface area contributed by atoms with Crippen LogP contribution >= 0.6 is 0 Å². The van der Waals surface area contributed by atoms with Gasteiger partial charge in [0.15, 0.2) is 0 Å². The second kappa shape index (κ2) is 5.77. The van der Waals surface area contributed by atoms with Crippen LogP contribution in [-0.4, -0.2) is 18.2 Å². The van der Waals surface area contributed by atoms with Crippen LogP contribution in [0, 0.1) is 0 Å². The maximum absolute atomic E-state index is 10.9. The number of benzene rings is 2. The zero-order valence-corrected chi connectivity index (χ0v) is 10.3. The Morgan fingerprint density at radius 3 is 2.47 bits per heavy atom. The van der Waals surface area contributed by atoms with Crippen LogP contribution in [0.15, 0.2) is 58.8 Å². The molecule has 5 nitrogen and oxygen atoms in total. The molecule has 2 rings (SSSR count). The minimum absolute atomic E-state index is 0.149. The third kappa shape index (κ3) is 3.16. The van der Waals surface area contributed by atoms with Gasteiger partial charge in [0.05, 0.1) is 18.4 Å². The standard InChI is InChI=1S/C14H12N2O3/c1-19-13-9-10(14(17)18)7-8-12(13)16-15-11-5-3-2-4-6-11/h2-9H,1H3,(H,17,18). The Morgan fingerprint density at radius 2 is 1.84 bits per heavy atom. The smallest absolute Gasteiger partial charge is 0.335 e. The number of carboxylic acids is 1. The first-order valence-electron chi connectivity index (χ1n) is 5.59. The molecule has 19 heavy (non-hydrogen) atoms. The molecule has 0 saturated heterocycles. The van der Waals surface area contributed by atoms with Crippen molar-refractivity contribution in [3.63, 3.8) is 0 Å². The van der Waals surface area contributed by atoms with E-state index in [0.717, 1.165) is 0 Å². The number of carbonyl (C=O) groups is 1. The number of nitrogens with zero attached hydrogens (tertiary/aromatic N) is 2. The molecule has 0 saturated carbocycles. The molecule has 0 amide bonds. The van der Waals surface area contributed by atoms with Gasteiger partial charge in [-0.3, -0.25) is 0 Å². The van der Waals surface area contributed by atoms with Crippen LogP contribution in [0.1, 0.15) is 10.4 Å². The molecule has 2 aromatic carbocycles. The molecule has 0 aromatic heterocycles. The summed E-state index contributed by atoms with van der Waals surface area (Å²) in [5, 5.41) is 17.0. The van der Waals surface area contributed by atoms with Gasteiger partial charge in [-0.05, 0) is 30.3 Å². The Kier molecular flexibility index (Phi) is 3.87. The molecule has 0 fully saturated rings. The zero-order valence-electron chi connectivity index (χ0n) is 10.3. The number of azo groups is 1.